The molecule has 7 heteroatoms. The van der Waals surface area contributed by atoms with Crippen LogP contribution in [0.4, 0.5) is 5.69 Å². The van der Waals surface area contributed by atoms with Gasteiger partial charge in [0.05, 0.1) is 5.69 Å². The Balaban J connectivity index is 1.24. The van der Waals surface area contributed by atoms with Crippen molar-refractivity contribution in [2.45, 2.75) is 31.9 Å². The van der Waals surface area contributed by atoms with E-state index in [0.29, 0.717) is 6.42 Å². The van der Waals surface area contributed by atoms with Gasteiger partial charge in [-0.2, -0.15) is 0 Å². The van der Waals surface area contributed by atoms with Gasteiger partial charge in [-0.15, -0.1) is 0 Å². The maximum Gasteiger partial charge on any atom is 0.227 e. The van der Waals surface area contributed by atoms with Crippen LogP contribution in [0.15, 0.2) is 67.3 Å². The summed E-state index contributed by atoms with van der Waals surface area (Å²) in [6.07, 6.45) is 10.7. The number of anilines is 1. The first kappa shape index (κ1) is 19.8. The fraction of sp³-hybridized carbons (Fsp3) is 0.231. The molecule has 1 saturated carbocycles. The van der Waals surface area contributed by atoms with Gasteiger partial charge in [0.15, 0.2) is 6.23 Å². The molecule has 0 bridgehead atoms. The summed E-state index contributed by atoms with van der Waals surface area (Å²) in [5.41, 5.74) is 6.70. The molecule has 4 heterocycles. The summed E-state index contributed by atoms with van der Waals surface area (Å²) < 4.78 is 2.05. The number of benzene rings is 1. The smallest absolute Gasteiger partial charge is 0.227 e. The van der Waals surface area contributed by atoms with Crippen LogP contribution in [0.25, 0.3) is 27.9 Å². The van der Waals surface area contributed by atoms with Gasteiger partial charge in [-0.25, -0.2) is 4.98 Å². The lowest BCUT2D eigenvalue weighted by molar-refractivity contribution is -0.122. The van der Waals surface area contributed by atoms with Gasteiger partial charge in [0.1, 0.15) is 5.65 Å². The van der Waals surface area contributed by atoms with Crippen LogP contribution in [0, 0.1) is 5.92 Å². The lowest BCUT2D eigenvalue weighted by Gasteiger charge is -2.24. The summed E-state index contributed by atoms with van der Waals surface area (Å²) in [6.45, 7) is 0. The number of nitrogens with zero attached hydrogens (tertiary/aromatic N) is 2. The van der Waals surface area contributed by atoms with Crippen LogP contribution in [-0.2, 0) is 11.2 Å². The molecule has 1 aliphatic heterocycles. The van der Waals surface area contributed by atoms with Crippen LogP contribution >= 0.6 is 0 Å². The minimum Gasteiger partial charge on any atom is -0.368 e. The first-order valence-corrected chi connectivity index (χ1v) is 11.3. The van der Waals surface area contributed by atoms with Crippen molar-refractivity contribution >= 4 is 28.3 Å². The number of aliphatic hydroxyl groups is 1. The fourth-order valence-electron chi connectivity index (χ4n) is 4.58. The molecule has 33 heavy (non-hydrogen) atoms. The second-order valence-corrected chi connectivity index (χ2v) is 8.82. The van der Waals surface area contributed by atoms with Gasteiger partial charge in [0.2, 0.25) is 5.91 Å². The minimum absolute atomic E-state index is 0.124. The van der Waals surface area contributed by atoms with E-state index < -0.39 is 6.23 Å². The Morgan fingerprint density at radius 3 is 2.85 bits per heavy atom. The molecule has 6 rings (SSSR count). The molecule has 1 fully saturated rings. The number of rotatable bonds is 5. The van der Waals surface area contributed by atoms with Crippen molar-refractivity contribution in [3.05, 3.63) is 78.5 Å². The van der Waals surface area contributed by atoms with Crippen LogP contribution in [0.1, 0.15) is 36.7 Å². The quantitative estimate of drug-likeness (QED) is 0.371. The van der Waals surface area contributed by atoms with Gasteiger partial charge in [-0.3, -0.25) is 4.79 Å². The molecule has 1 atom stereocenters. The molecule has 2 aliphatic rings. The number of pyridine rings is 1. The van der Waals surface area contributed by atoms with Crippen LogP contribution in [-0.4, -0.2) is 25.5 Å². The number of amides is 1. The van der Waals surface area contributed by atoms with Gasteiger partial charge in [0.25, 0.3) is 0 Å². The summed E-state index contributed by atoms with van der Waals surface area (Å²) in [5.74, 6) is 0.294. The van der Waals surface area contributed by atoms with E-state index in [1.807, 2.05) is 54.9 Å². The van der Waals surface area contributed by atoms with Crippen molar-refractivity contribution in [1.29, 1.82) is 0 Å². The fourth-order valence-corrected chi connectivity index (χ4v) is 4.58. The molecule has 166 valence electrons. The number of fused-ring (bicyclic) bond motifs is 2. The molecule has 0 radical (unpaired) electrons. The highest BCUT2D eigenvalue weighted by atomic mass is 16.3. The van der Waals surface area contributed by atoms with Crippen LogP contribution in [0.5, 0.6) is 0 Å². The molecule has 1 unspecified atom stereocenters. The lowest BCUT2D eigenvalue weighted by Crippen LogP contribution is -2.28. The third-order valence-corrected chi connectivity index (χ3v) is 6.69. The number of allylic oxidation sites excluding steroid dienone is 1. The molecule has 3 aromatic heterocycles. The van der Waals surface area contributed by atoms with Crippen molar-refractivity contribution in [3.63, 3.8) is 0 Å². The average Bonchev–Trinajstić information content (AvgIpc) is 3.41. The highest BCUT2D eigenvalue weighted by Crippen LogP contribution is 2.34. The predicted molar refractivity (Wildman–Crippen MR) is 128 cm³/mol. The summed E-state index contributed by atoms with van der Waals surface area (Å²) in [5, 5.41) is 17.7. The third-order valence-electron chi connectivity index (χ3n) is 6.69. The van der Waals surface area contributed by atoms with Crippen molar-refractivity contribution in [2.75, 3.05) is 5.32 Å². The molecule has 7 nitrogen and oxygen atoms in total. The second kappa shape index (κ2) is 7.94. The van der Waals surface area contributed by atoms with Crippen molar-refractivity contribution < 1.29 is 9.90 Å². The summed E-state index contributed by atoms with van der Waals surface area (Å²) in [7, 11) is 0. The predicted octanol–water partition coefficient (Wildman–Crippen LogP) is 4.41. The number of nitrogens with one attached hydrogen (secondary N) is 3. The Morgan fingerprint density at radius 1 is 1.21 bits per heavy atom. The number of carbonyl (C=O) groups excluding carboxylic acids is 1. The number of hydrogen-bond acceptors (Lipinski definition) is 4. The Morgan fingerprint density at radius 2 is 2.06 bits per heavy atom. The zero-order chi connectivity index (χ0) is 22.4. The van der Waals surface area contributed by atoms with Gasteiger partial charge in [-0.05, 0) is 48.7 Å². The zero-order valence-electron chi connectivity index (χ0n) is 18.1. The van der Waals surface area contributed by atoms with E-state index in [0.717, 1.165) is 64.1 Å². The third kappa shape index (κ3) is 3.60. The first-order valence-electron chi connectivity index (χ1n) is 11.3. The zero-order valence-corrected chi connectivity index (χ0v) is 18.1. The van der Waals surface area contributed by atoms with E-state index in [4.69, 9.17) is 0 Å². The van der Waals surface area contributed by atoms with Crippen LogP contribution in [0.3, 0.4) is 0 Å². The monoisotopic (exact) mass is 439 g/mol. The van der Waals surface area contributed by atoms with Crippen molar-refractivity contribution in [2.24, 2.45) is 5.92 Å². The molecule has 0 spiro atoms. The number of aliphatic hydroxyl groups excluding tert-OH is 1. The van der Waals surface area contributed by atoms with Crippen LogP contribution < -0.4 is 10.6 Å². The molecular formula is C26H25N5O2. The number of carbonyl (C=O) groups is 1. The number of H-pyrrole nitrogens is 1. The molecule has 1 aliphatic carbocycles. The molecule has 1 aromatic carbocycles. The van der Waals surface area contributed by atoms with Gasteiger partial charge >= 0.3 is 0 Å². The Hall–Kier alpha value is -3.84. The molecule has 4 aromatic rings. The largest absolute Gasteiger partial charge is 0.368 e. The Kier molecular flexibility index (Phi) is 4.77. The molecule has 1 amide bonds. The number of hydrogen-bond donors (Lipinski definition) is 4. The van der Waals surface area contributed by atoms with E-state index >= 15 is 0 Å². The second-order valence-electron chi connectivity index (χ2n) is 8.82. The molecule has 4 N–H and O–H groups in total. The normalized spacial score (nSPS) is 17.7. The Labute approximate surface area is 191 Å². The Bertz CT molecular complexity index is 1360. The van der Waals surface area contributed by atoms with E-state index in [-0.39, 0.29) is 11.8 Å². The van der Waals surface area contributed by atoms with Gasteiger partial charge in [0, 0.05) is 65.0 Å². The minimum atomic E-state index is -0.769. The maximum absolute atomic E-state index is 12.2. The molecular weight excluding hydrogens is 414 g/mol. The van der Waals surface area contributed by atoms with Crippen molar-refractivity contribution in [1.82, 2.24) is 19.9 Å². The highest BCUT2D eigenvalue weighted by molar-refractivity contribution is 5.94. The number of aromatic nitrogens is 3. The first-order chi connectivity index (χ1) is 16.2. The summed E-state index contributed by atoms with van der Waals surface area (Å²) in [4.78, 5) is 19.8. The summed E-state index contributed by atoms with van der Waals surface area (Å²) in [6, 6.07) is 14.0. The van der Waals surface area contributed by atoms with E-state index in [9.17, 15) is 9.90 Å². The SMILES string of the molecule is O=C(Nc1ccc(CC2=CNC(O)c3cc(-c4c[nH]c5ncccc45)cn32)cc1)C1CCC1. The van der Waals surface area contributed by atoms with Crippen LogP contribution in [0.2, 0.25) is 0 Å². The molecule has 0 saturated heterocycles. The van der Waals surface area contributed by atoms with E-state index in [1.54, 1.807) is 6.20 Å². The lowest BCUT2D eigenvalue weighted by atomic mass is 9.85. The maximum atomic E-state index is 12.2. The van der Waals surface area contributed by atoms with Gasteiger partial charge < -0.3 is 25.3 Å². The number of aromatic amines is 1. The highest BCUT2D eigenvalue weighted by Gasteiger charge is 2.25. The van der Waals surface area contributed by atoms with E-state index in [2.05, 4.69) is 31.4 Å². The van der Waals surface area contributed by atoms with Crippen molar-refractivity contribution in [3.8, 4) is 11.1 Å². The standard InChI is InChI=1S/C26H25N5O2/c32-25(17-3-1-4-17)30-19-8-6-16(7-9-19)11-20-13-29-26(33)23-12-18(15-31(20)23)22-14-28-24-21(22)5-2-10-27-24/h2,5-10,12-15,17,26,29,33H,1,3-4,11H2,(H,27,28)(H,30,32). The summed E-state index contributed by atoms with van der Waals surface area (Å²) >= 11 is 0. The van der Waals surface area contributed by atoms with E-state index in [1.165, 1.54) is 0 Å². The van der Waals surface area contributed by atoms with Gasteiger partial charge in [-0.1, -0.05) is 18.6 Å². The topological polar surface area (TPSA) is 95.0 Å². The average molecular weight is 440 g/mol.